The second kappa shape index (κ2) is 5.66. The van der Waals surface area contributed by atoms with E-state index in [2.05, 4.69) is 5.32 Å². The van der Waals surface area contributed by atoms with Gasteiger partial charge in [0.15, 0.2) is 11.6 Å². The molecule has 2 N–H and O–H groups in total. The van der Waals surface area contributed by atoms with Crippen LogP contribution in [0, 0.1) is 6.07 Å². The van der Waals surface area contributed by atoms with Crippen molar-refractivity contribution in [3.05, 3.63) is 11.8 Å². The molecule has 0 fully saturated rings. The molecular formula is C11H17N3O3. The average molecular weight is 239 g/mol. The maximum atomic E-state index is 12.3. The summed E-state index contributed by atoms with van der Waals surface area (Å²) in [5.41, 5.74) is 0.0345. The Kier molecular flexibility index (Phi) is 4.49. The van der Waals surface area contributed by atoms with Crippen molar-refractivity contribution in [2.75, 3.05) is 13.2 Å². The summed E-state index contributed by atoms with van der Waals surface area (Å²) >= 11 is 0. The smallest absolute Gasteiger partial charge is 0.315 e. The summed E-state index contributed by atoms with van der Waals surface area (Å²) in [5.74, 6) is -0.629. The van der Waals surface area contributed by atoms with E-state index < -0.39 is 11.9 Å². The molecule has 0 saturated carbocycles. The SMILES string of the molecule is CCCCN1C=C(C#[NH+])C(=O)NC1([O-])OCC. The van der Waals surface area contributed by atoms with Gasteiger partial charge in [0.05, 0.1) is 0 Å². The van der Waals surface area contributed by atoms with Crippen molar-refractivity contribution < 1.29 is 19.9 Å². The van der Waals surface area contributed by atoms with Gasteiger partial charge in [0, 0.05) is 19.4 Å². The maximum absolute atomic E-state index is 12.3. The molecule has 1 atom stereocenters. The van der Waals surface area contributed by atoms with E-state index in [1.807, 2.05) is 13.0 Å². The molecule has 1 rings (SSSR count). The Morgan fingerprint density at radius 1 is 1.65 bits per heavy atom. The zero-order valence-electron chi connectivity index (χ0n) is 10.1. The van der Waals surface area contributed by atoms with Gasteiger partial charge in [-0.15, -0.1) is 0 Å². The second-order valence-electron chi connectivity index (χ2n) is 3.68. The molecule has 1 aliphatic rings. The van der Waals surface area contributed by atoms with Crippen LogP contribution in [0.4, 0.5) is 0 Å². The number of carbonyl (C=O) groups excluding carboxylic acids is 1. The van der Waals surface area contributed by atoms with Crippen LogP contribution in [-0.2, 0) is 9.53 Å². The van der Waals surface area contributed by atoms with Crippen LogP contribution in [0.2, 0.25) is 0 Å². The third-order valence-electron chi connectivity index (χ3n) is 2.41. The second-order valence-corrected chi connectivity index (χ2v) is 3.68. The summed E-state index contributed by atoms with van der Waals surface area (Å²) in [6, 6.07) is -0.0652. The number of unbranched alkanes of at least 4 members (excludes halogenated alkanes) is 1. The predicted molar refractivity (Wildman–Crippen MR) is 57.0 cm³/mol. The van der Waals surface area contributed by atoms with E-state index >= 15 is 0 Å². The Balaban J connectivity index is 2.94. The van der Waals surface area contributed by atoms with Crippen LogP contribution in [0.5, 0.6) is 0 Å². The fraction of sp³-hybridized carbons (Fsp3) is 0.636. The van der Waals surface area contributed by atoms with Crippen LogP contribution in [-0.4, -0.2) is 30.0 Å². The van der Waals surface area contributed by atoms with Crippen molar-refractivity contribution in [2.24, 2.45) is 0 Å². The molecule has 0 bridgehead atoms. The Hall–Kier alpha value is -1.58. The largest absolute Gasteiger partial charge is 0.794 e. The van der Waals surface area contributed by atoms with Crippen LogP contribution in [0.25, 0.3) is 0 Å². The molecule has 6 nitrogen and oxygen atoms in total. The molecule has 6 heteroatoms. The lowest BCUT2D eigenvalue weighted by molar-refractivity contribution is -0.601. The third kappa shape index (κ3) is 2.96. The van der Waals surface area contributed by atoms with E-state index in [-0.39, 0.29) is 12.2 Å². The first kappa shape index (κ1) is 13.5. The van der Waals surface area contributed by atoms with Gasteiger partial charge in [-0.05, 0) is 13.3 Å². The monoisotopic (exact) mass is 239 g/mol. The molecular weight excluding hydrogens is 222 g/mol. The van der Waals surface area contributed by atoms with E-state index in [9.17, 15) is 9.90 Å². The molecule has 1 unspecified atom stereocenters. The van der Waals surface area contributed by atoms with Gasteiger partial charge in [-0.3, -0.25) is 4.79 Å². The number of hydrogen-bond acceptors (Lipinski definition) is 4. The van der Waals surface area contributed by atoms with Crippen LogP contribution >= 0.6 is 0 Å². The first-order valence-corrected chi connectivity index (χ1v) is 5.65. The van der Waals surface area contributed by atoms with Gasteiger partial charge in [0.1, 0.15) is 0 Å². The Morgan fingerprint density at radius 2 is 2.35 bits per heavy atom. The van der Waals surface area contributed by atoms with E-state index in [1.54, 1.807) is 6.92 Å². The first-order valence-electron chi connectivity index (χ1n) is 5.65. The molecule has 0 spiro atoms. The highest BCUT2D eigenvalue weighted by Crippen LogP contribution is 2.16. The summed E-state index contributed by atoms with van der Waals surface area (Å²) in [4.78, 5) is 12.8. The van der Waals surface area contributed by atoms with Crippen molar-refractivity contribution in [2.45, 2.75) is 32.7 Å². The molecule has 1 amide bonds. The van der Waals surface area contributed by atoms with E-state index in [4.69, 9.17) is 10.00 Å². The number of amides is 1. The van der Waals surface area contributed by atoms with Crippen LogP contribution in [0.1, 0.15) is 26.7 Å². The van der Waals surface area contributed by atoms with E-state index in [0.717, 1.165) is 12.8 Å². The fourth-order valence-electron chi connectivity index (χ4n) is 1.53. The molecule has 94 valence electrons. The summed E-state index contributed by atoms with van der Waals surface area (Å²) in [6.07, 6.45) is 3.06. The molecule has 1 heterocycles. The number of ether oxygens (including phenoxy) is 1. The summed E-state index contributed by atoms with van der Waals surface area (Å²) in [6.45, 7) is 4.35. The third-order valence-corrected chi connectivity index (χ3v) is 2.41. The van der Waals surface area contributed by atoms with E-state index in [0.29, 0.717) is 6.54 Å². The topological polar surface area (TPSA) is 88.4 Å². The van der Waals surface area contributed by atoms with Crippen molar-refractivity contribution in [1.29, 1.82) is 0 Å². The van der Waals surface area contributed by atoms with Crippen molar-refractivity contribution >= 4 is 5.91 Å². The van der Waals surface area contributed by atoms with Crippen LogP contribution < -0.4 is 15.7 Å². The van der Waals surface area contributed by atoms with Gasteiger partial charge in [-0.2, -0.15) is 0 Å². The van der Waals surface area contributed by atoms with Crippen LogP contribution in [0.3, 0.4) is 0 Å². The highest BCUT2D eigenvalue weighted by atomic mass is 16.7. The van der Waals surface area contributed by atoms with Gasteiger partial charge >= 0.3 is 6.07 Å². The van der Waals surface area contributed by atoms with E-state index in [1.165, 1.54) is 11.1 Å². The molecule has 0 saturated heterocycles. The lowest BCUT2D eigenvalue weighted by Gasteiger charge is -2.50. The quantitative estimate of drug-likeness (QED) is 0.537. The first-order chi connectivity index (χ1) is 8.07. The summed E-state index contributed by atoms with van der Waals surface area (Å²) in [7, 11) is 0. The predicted octanol–water partition coefficient (Wildman–Crippen LogP) is -2.12. The zero-order chi connectivity index (χ0) is 12.9. The molecule has 0 radical (unpaired) electrons. The lowest BCUT2D eigenvalue weighted by atomic mass is 10.2. The molecule has 17 heavy (non-hydrogen) atoms. The minimum atomic E-state index is -2.07. The average Bonchev–Trinajstić information content (AvgIpc) is 2.28. The maximum Gasteiger partial charge on any atom is 0.315 e. The number of hydrogen-bond donors (Lipinski definition) is 2. The molecule has 0 aromatic heterocycles. The highest BCUT2D eigenvalue weighted by molar-refractivity contribution is 5.97. The lowest BCUT2D eigenvalue weighted by Crippen LogP contribution is -2.71. The minimum absolute atomic E-state index is 0.0345. The fourth-order valence-corrected chi connectivity index (χ4v) is 1.53. The molecule has 0 aromatic rings. The number of rotatable bonds is 5. The van der Waals surface area contributed by atoms with Crippen molar-refractivity contribution in [3.63, 3.8) is 0 Å². The van der Waals surface area contributed by atoms with Gasteiger partial charge in [0.2, 0.25) is 0 Å². The normalized spacial score (nSPS) is 24.0. The molecule has 1 aliphatic heterocycles. The minimum Gasteiger partial charge on any atom is -0.794 e. The Labute approximate surface area is 100 Å². The van der Waals surface area contributed by atoms with Gasteiger partial charge < -0.3 is 20.1 Å². The summed E-state index contributed by atoms with van der Waals surface area (Å²) in [5, 5.41) is 21.5. The van der Waals surface area contributed by atoms with Gasteiger partial charge in [-0.1, -0.05) is 18.6 Å². The molecule has 0 aliphatic carbocycles. The van der Waals surface area contributed by atoms with Crippen LogP contribution in [0.15, 0.2) is 11.8 Å². The van der Waals surface area contributed by atoms with Gasteiger partial charge in [0.25, 0.3) is 5.91 Å². The number of carbonyl (C=O) groups is 1. The Morgan fingerprint density at radius 3 is 2.88 bits per heavy atom. The summed E-state index contributed by atoms with van der Waals surface area (Å²) < 4.78 is 5.05. The number of nitrogens with one attached hydrogen (secondary N) is 2. The standard InChI is InChI=1S/C11H16N3O3/c1-3-5-6-14-8-9(7-12)10(15)13-11(14,16)17-4-2/h8H,3-6H2,1-2H3,(H,13,15)/q-1/p+1. The zero-order valence-corrected chi connectivity index (χ0v) is 10.1. The van der Waals surface area contributed by atoms with Crippen molar-refractivity contribution in [3.8, 4) is 6.07 Å². The highest BCUT2D eigenvalue weighted by Gasteiger charge is 2.33. The Bertz CT molecular complexity index is 361. The van der Waals surface area contributed by atoms with Crippen molar-refractivity contribution in [1.82, 2.24) is 10.2 Å². The number of nitrogens with zero attached hydrogens (tertiary/aromatic N) is 1. The van der Waals surface area contributed by atoms with Gasteiger partial charge in [-0.25, -0.2) is 0 Å². The molecule has 0 aromatic carbocycles.